The van der Waals surface area contributed by atoms with Gasteiger partial charge in [0, 0.05) is 37.5 Å². The smallest absolute Gasteiger partial charge is 0.222 e. The van der Waals surface area contributed by atoms with Crippen LogP contribution in [0.1, 0.15) is 24.3 Å². The van der Waals surface area contributed by atoms with E-state index < -0.39 is 0 Å². The van der Waals surface area contributed by atoms with Crippen molar-refractivity contribution >= 4 is 38.3 Å². The van der Waals surface area contributed by atoms with Gasteiger partial charge >= 0.3 is 0 Å². The molecule has 0 bridgehead atoms. The first-order chi connectivity index (χ1) is 15.2. The number of aromatic nitrogens is 2. The zero-order valence-corrected chi connectivity index (χ0v) is 17.9. The van der Waals surface area contributed by atoms with Gasteiger partial charge in [-0.25, -0.2) is 9.97 Å². The molecule has 1 aliphatic rings. The van der Waals surface area contributed by atoms with E-state index in [9.17, 15) is 4.79 Å². The van der Waals surface area contributed by atoms with Crippen molar-refractivity contribution in [3.63, 3.8) is 0 Å². The molecule has 0 radical (unpaired) electrons. The number of para-hydroxylation sites is 1. The van der Waals surface area contributed by atoms with Crippen molar-refractivity contribution < 1.29 is 9.53 Å². The summed E-state index contributed by atoms with van der Waals surface area (Å²) in [4.78, 5) is 23.0. The van der Waals surface area contributed by atoms with Crippen molar-refractivity contribution in [1.82, 2.24) is 14.9 Å². The number of likely N-dealkylation sites (tertiary alicyclic amines) is 1. The van der Waals surface area contributed by atoms with Crippen LogP contribution >= 0.6 is 11.3 Å². The monoisotopic (exact) mass is 430 g/mol. The maximum absolute atomic E-state index is 12.1. The molecule has 1 atom stereocenters. The summed E-state index contributed by atoms with van der Waals surface area (Å²) in [5.41, 5.74) is 2.92. The summed E-state index contributed by atoms with van der Waals surface area (Å²) < 4.78 is 7.25. The van der Waals surface area contributed by atoms with Gasteiger partial charge in [0.05, 0.1) is 10.2 Å². The van der Waals surface area contributed by atoms with Crippen LogP contribution in [0.15, 0.2) is 66.9 Å². The van der Waals surface area contributed by atoms with Gasteiger partial charge in [0.15, 0.2) is 5.13 Å². The minimum atomic E-state index is 0.132. The lowest BCUT2D eigenvalue weighted by atomic mass is 9.90. The molecule has 31 heavy (non-hydrogen) atoms. The van der Waals surface area contributed by atoms with Crippen molar-refractivity contribution in [2.75, 3.05) is 18.9 Å². The Hall–Kier alpha value is -3.45. The molecule has 1 saturated heterocycles. The van der Waals surface area contributed by atoms with E-state index in [-0.39, 0.29) is 11.8 Å². The average Bonchev–Trinajstić information content (AvgIpc) is 3.20. The Bertz CT molecular complexity index is 1190. The summed E-state index contributed by atoms with van der Waals surface area (Å²) in [7, 11) is 1.85. The van der Waals surface area contributed by atoms with Crippen LogP contribution in [0, 0.1) is 0 Å². The maximum atomic E-state index is 12.1. The Morgan fingerprint density at radius 2 is 1.94 bits per heavy atom. The zero-order chi connectivity index (χ0) is 21.2. The van der Waals surface area contributed by atoms with E-state index in [0.717, 1.165) is 39.6 Å². The zero-order valence-electron chi connectivity index (χ0n) is 17.1. The van der Waals surface area contributed by atoms with Crippen LogP contribution in [0.2, 0.25) is 0 Å². The van der Waals surface area contributed by atoms with Gasteiger partial charge < -0.3 is 15.0 Å². The topological polar surface area (TPSA) is 67.3 Å². The van der Waals surface area contributed by atoms with Crippen LogP contribution in [-0.2, 0) is 4.79 Å². The summed E-state index contributed by atoms with van der Waals surface area (Å²) >= 11 is 1.62. The minimum Gasteiger partial charge on any atom is -0.439 e. The van der Waals surface area contributed by atoms with Gasteiger partial charge in [0.2, 0.25) is 11.8 Å². The molecule has 5 rings (SSSR count). The average molecular weight is 431 g/mol. The van der Waals surface area contributed by atoms with Gasteiger partial charge in [-0.15, -0.1) is 0 Å². The van der Waals surface area contributed by atoms with Gasteiger partial charge in [0.25, 0.3) is 0 Å². The Labute approximate surface area is 184 Å². The lowest BCUT2D eigenvalue weighted by molar-refractivity contribution is -0.132. The van der Waals surface area contributed by atoms with Crippen molar-refractivity contribution in [2.45, 2.75) is 18.8 Å². The lowest BCUT2D eigenvalue weighted by Gasteiger charge is -2.29. The lowest BCUT2D eigenvalue weighted by Crippen LogP contribution is -2.34. The third-order valence-electron chi connectivity index (χ3n) is 5.51. The quantitative estimate of drug-likeness (QED) is 0.449. The highest BCUT2D eigenvalue weighted by atomic mass is 32.1. The molecule has 1 fully saturated rings. The highest BCUT2D eigenvalue weighted by Crippen LogP contribution is 2.35. The SMILES string of the molecule is CN1CC[C@H](c2cccnc2Oc2ccc(Nc3nc4ccccc4s3)cc2)CC1=O. The van der Waals surface area contributed by atoms with Crippen LogP contribution in [0.25, 0.3) is 10.2 Å². The van der Waals surface area contributed by atoms with E-state index in [1.54, 1.807) is 22.4 Å². The second-order valence-corrected chi connectivity index (χ2v) is 8.67. The highest BCUT2D eigenvalue weighted by molar-refractivity contribution is 7.22. The number of benzene rings is 2. The molecule has 1 N–H and O–H groups in total. The van der Waals surface area contributed by atoms with E-state index >= 15 is 0 Å². The summed E-state index contributed by atoms with van der Waals surface area (Å²) in [6.45, 7) is 0.754. The number of hydrogen-bond donors (Lipinski definition) is 1. The van der Waals surface area contributed by atoms with E-state index in [1.165, 1.54) is 0 Å². The number of carbonyl (C=O) groups excluding carboxylic acids is 1. The van der Waals surface area contributed by atoms with Gasteiger partial charge in [-0.2, -0.15) is 0 Å². The van der Waals surface area contributed by atoms with Gasteiger partial charge in [-0.3, -0.25) is 4.79 Å². The molecular weight excluding hydrogens is 408 g/mol. The van der Waals surface area contributed by atoms with Gasteiger partial charge in [0.1, 0.15) is 5.75 Å². The molecule has 1 aliphatic heterocycles. The van der Waals surface area contributed by atoms with Gasteiger partial charge in [-0.1, -0.05) is 29.5 Å². The minimum absolute atomic E-state index is 0.132. The van der Waals surface area contributed by atoms with E-state index in [2.05, 4.69) is 21.4 Å². The number of nitrogens with one attached hydrogen (secondary N) is 1. The summed E-state index contributed by atoms with van der Waals surface area (Å²) in [5, 5.41) is 4.21. The van der Waals surface area contributed by atoms with Crippen molar-refractivity contribution in [1.29, 1.82) is 0 Å². The molecule has 0 saturated carbocycles. The van der Waals surface area contributed by atoms with Crippen LogP contribution in [0.5, 0.6) is 11.6 Å². The second-order valence-electron chi connectivity index (χ2n) is 7.64. The Kier molecular flexibility index (Phi) is 5.26. The summed E-state index contributed by atoms with van der Waals surface area (Å²) in [5.74, 6) is 1.56. The van der Waals surface area contributed by atoms with E-state index in [0.29, 0.717) is 18.1 Å². The molecule has 2 aromatic heterocycles. The van der Waals surface area contributed by atoms with Gasteiger partial charge in [-0.05, 0) is 54.8 Å². The number of hydrogen-bond acceptors (Lipinski definition) is 6. The molecule has 6 nitrogen and oxygen atoms in total. The van der Waals surface area contributed by atoms with Crippen LogP contribution < -0.4 is 10.1 Å². The van der Waals surface area contributed by atoms with E-state index in [4.69, 9.17) is 4.74 Å². The number of piperidine rings is 1. The number of pyridine rings is 1. The molecule has 0 unspecified atom stereocenters. The first kappa shape index (κ1) is 19.5. The predicted octanol–water partition coefficient (Wildman–Crippen LogP) is 5.56. The maximum Gasteiger partial charge on any atom is 0.222 e. The molecule has 0 spiro atoms. The van der Waals surface area contributed by atoms with Crippen LogP contribution in [0.3, 0.4) is 0 Å². The molecule has 2 aromatic carbocycles. The third kappa shape index (κ3) is 4.22. The number of thiazole rings is 1. The summed E-state index contributed by atoms with van der Waals surface area (Å²) in [6.07, 6.45) is 3.12. The Balaban J connectivity index is 1.30. The molecule has 3 heterocycles. The fourth-order valence-corrected chi connectivity index (χ4v) is 4.66. The first-order valence-electron chi connectivity index (χ1n) is 10.2. The normalized spacial score (nSPS) is 16.5. The molecule has 1 amide bonds. The fraction of sp³-hybridized carbons (Fsp3) is 0.208. The Morgan fingerprint density at radius 1 is 1.10 bits per heavy atom. The number of rotatable bonds is 5. The molecule has 0 aliphatic carbocycles. The van der Waals surface area contributed by atoms with Crippen LogP contribution in [-0.4, -0.2) is 34.4 Å². The van der Waals surface area contributed by atoms with Crippen molar-refractivity contribution in [3.05, 3.63) is 72.4 Å². The number of carbonyl (C=O) groups is 1. The van der Waals surface area contributed by atoms with Crippen molar-refractivity contribution in [3.8, 4) is 11.6 Å². The first-order valence-corrected chi connectivity index (χ1v) is 11.1. The van der Waals surface area contributed by atoms with E-state index in [1.807, 2.05) is 61.6 Å². The summed E-state index contributed by atoms with van der Waals surface area (Å²) in [6, 6.07) is 19.7. The Morgan fingerprint density at radius 3 is 2.74 bits per heavy atom. The molecule has 156 valence electrons. The predicted molar refractivity (Wildman–Crippen MR) is 123 cm³/mol. The number of anilines is 2. The largest absolute Gasteiger partial charge is 0.439 e. The fourth-order valence-electron chi connectivity index (χ4n) is 3.77. The molecule has 7 heteroatoms. The molecular formula is C24H22N4O2S. The number of fused-ring (bicyclic) bond motifs is 1. The third-order valence-corrected chi connectivity index (χ3v) is 6.47. The standard InChI is InChI=1S/C24H22N4O2S/c1-28-14-12-16(15-22(28)29)19-5-4-13-25-23(19)30-18-10-8-17(9-11-18)26-24-27-20-6-2-3-7-21(20)31-24/h2-11,13,16H,12,14-15H2,1H3,(H,26,27)/t16-/m0/s1. The van der Waals surface area contributed by atoms with Crippen LogP contribution in [0.4, 0.5) is 10.8 Å². The number of nitrogens with zero attached hydrogens (tertiary/aromatic N) is 3. The second kappa shape index (κ2) is 8.35. The highest BCUT2D eigenvalue weighted by Gasteiger charge is 2.27. The number of amides is 1. The number of ether oxygens (including phenoxy) is 1. The van der Waals surface area contributed by atoms with Crippen molar-refractivity contribution in [2.24, 2.45) is 0 Å². The molecule has 4 aromatic rings.